The second kappa shape index (κ2) is 5.16. The van der Waals surface area contributed by atoms with E-state index in [-0.39, 0.29) is 0 Å². The number of hydrogen-bond acceptors (Lipinski definition) is 3. The van der Waals surface area contributed by atoms with Crippen LogP contribution in [-0.4, -0.2) is 22.0 Å². The van der Waals surface area contributed by atoms with Crippen LogP contribution in [0.25, 0.3) is 11.3 Å². The van der Waals surface area contributed by atoms with Gasteiger partial charge in [0.1, 0.15) is 5.69 Å². The monoisotopic (exact) mass is 314 g/mol. The van der Waals surface area contributed by atoms with E-state index in [2.05, 4.69) is 31.6 Å². The van der Waals surface area contributed by atoms with Crippen molar-refractivity contribution in [3.63, 3.8) is 0 Å². The second-order valence-electron chi connectivity index (χ2n) is 3.70. The topological polar surface area (TPSA) is 42.7 Å². The third-order valence-corrected chi connectivity index (χ3v) is 3.30. The van der Waals surface area contributed by atoms with Crippen LogP contribution in [0.15, 0.2) is 22.8 Å². The molecule has 6 heteroatoms. The van der Waals surface area contributed by atoms with Gasteiger partial charge in [-0.1, -0.05) is 28.9 Å². The Labute approximate surface area is 113 Å². The molecule has 2 aromatic rings. The number of halogens is 2. The van der Waals surface area contributed by atoms with E-state index in [9.17, 15) is 0 Å². The Bertz CT molecular complexity index is 519. The van der Waals surface area contributed by atoms with Gasteiger partial charge in [0.2, 0.25) is 0 Å². The Morgan fingerprint density at radius 2 is 2.24 bits per heavy atom. The van der Waals surface area contributed by atoms with Crippen molar-refractivity contribution in [1.82, 2.24) is 20.3 Å². The Kier molecular flexibility index (Phi) is 3.81. The third kappa shape index (κ3) is 2.51. The van der Waals surface area contributed by atoms with E-state index in [1.54, 1.807) is 4.68 Å². The van der Waals surface area contributed by atoms with Crippen LogP contribution < -0.4 is 5.32 Å². The fourth-order valence-corrected chi connectivity index (χ4v) is 2.52. The summed E-state index contributed by atoms with van der Waals surface area (Å²) in [4.78, 5) is 0. The maximum absolute atomic E-state index is 6.28. The number of benzene rings is 1. The van der Waals surface area contributed by atoms with Crippen molar-refractivity contribution >= 4 is 27.5 Å². The van der Waals surface area contributed by atoms with Gasteiger partial charge in [-0.2, -0.15) is 0 Å². The molecule has 2 rings (SSSR count). The van der Waals surface area contributed by atoms with E-state index in [0.29, 0.717) is 9.63 Å². The minimum atomic E-state index is 0.697. The van der Waals surface area contributed by atoms with Crippen LogP contribution in [0.3, 0.4) is 0 Å². The summed E-state index contributed by atoms with van der Waals surface area (Å²) in [5.74, 6) is 0. The van der Waals surface area contributed by atoms with Gasteiger partial charge in [0.05, 0.1) is 5.02 Å². The number of aryl methyl sites for hydroxylation is 1. The molecule has 1 aromatic heterocycles. The second-order valence-corrected chi connectivity index (χ2v) is 4.86. The molecule has 0 spiro atoms. The first-order valence-corrected chi connectivity index (χ1v) is 6.29. The predicted molar refractivity (Wildman–Crippen MR) is 71.9 cm³/mol. The molecule has 90 valence electrons. The summed E-state index contributed by atoms with van der Waals surface area (Å²) in [6.07, 6.45) is 0. The average Bonchev–Trinajstić information content (AvgIpc) is 2.60. The summed E-state index contributed by atoms with van der Waals surface area (Å²) < 4.78 is 2.39. The van der Waals surface area contributed by atoms with E-state index >= 15 is 0 Å². The number of rotatable bonds is 3. The molecule has 0 aliphatic heterocycles. The Hall–Kier alpha value is -0.910. The van der Waals surface area contributed by atoms with Crippen LogP contribution in [0.1, 0.15) is 5.56 Å². The summed E-state index contributed by atoms with van der Waals surface area (Å²) in [6.45, 7) is 0.796. The van der Waals surface area contributed by atoms with Crippen LogP contribution in [0, 0.1) is 0 Å². The Balaban J connectivity index is 2.47. The quantitative estimate of drug-likeness (QED) is 0.947. The van der Waals surface area contributed by atoms with E-state index in [1.165, 1.54) is 0 Å². The van der Waals surface area contributed by atoms with Gasteiger partial charge in [-0.15, -0.1) is 5.10 Å². The van der Waals surface area contributed by atoms with Crippen molar-refractivity contribution in [3.05, 3.63) is 33.4 Å². The molecule has 1 heterocycles. The molecule has 0 aliphatic rings. The first-order chi connectivity index (χ1) is 8.13. The van der Waals surface area contributed by atoms with E-state index in [1.807, 2.05) is 32.3 Å². The molecular formula is C11H12BrClN4. The van der Waals surface area contributed by atoms with Crippen LogP contribution in [0.4, 0.5) is 0 Å². The molecule has 0 unspecified atom stereocenters. The van der Waals surface area contributed by atoms with Crippen LogP contribution in [-0.2, 0) is 13.6 Å². The van der Waals surface area contributed by atoms with Gasteiger partial charge in [0.25, 0.3) is 0 Å². The first kappa shape index (κ1) is 12.5. The van der Waals surface area contributed by atoms with Crippen LogP contribution in [0.5, 0.6) is 0 Å². The zero-order valence-electron chi connectivity index (χ0n) is 9.54. The van der Waals surface area contributed by atoms with Crippen LogP contribution >= 0.6 is 27.5 Å². The molecule has 17 heavy (non-hydrogen) atoms. The molecule has 0 aliphatic carbocycles. The number of nitrogens with zero attached hydrogens (tertiary/aromatic N) is 3. The molecule has 0 radical (unpaired) electrons. The van der Waals surface area contributed by atoms with E-state index in [4.69, 9.17) is 11.6 Å². The molecule has 0 fully saturated rings. The molecule has 0 saturated heterocycles. The zero-order valence-corrected chi connectivity index (χ0v) is 11.9. The first-order valence-electron chi connectivity index (χ1n) is 5.12. The Morgan fingerprint density at radius 1 is 1.47 bits per heavy atom. The lowest BCUT2D eigenvalue weighted by molar-refractivity contribution is 0.720. The summed E-state index contributed by atoms with van der Waals surface area (Å²) in [5.41, 5.74) is 2.95. The van der Waals surface area contributed by atoms with Gasteiger partial charge >= 0.3 is 0 Å². The van der Waals surface area contributed by atoms with Gasteiger partial charge in [0, 0.05) is 19.2 Å². The fraction of sp³-hybridized carbons (Fsp3) is 0.273. The SMILES string of the molecule is CNCc1ccc(-c2c(Br)nnn2C)c(Cl)c1. The molecular weight excluding hydrogens is 304 g/mol. The molecule has 0 atom stereocenters. The number of aromatic nitrogens is 3. The normalized spacial score (nSPS) is 10.8. The highest BCUT2D eigenvalue weighted by Gasteiger charge is 2.13. The van der Waals surface area contributed by atoms with Crippen molar-refractivity contribution in [2.24, 2.45) is 7.05 Å². The van der Waals surface area contributed by atoms with Gasteiger partial charge in [-0.05, 0) is 34.6 Å². The molecule has 4 nitrogen and oxygen atoms in total. The smallest absolute Gasteiger partial charge is 0.156 e. The molecule has 0 saturated carbocycles. The summed E-state index contributed by atoms with van der Waals surface area (Å²) >= 11 is 9.65. The average molecular weight is 316 g/mol. The van der Waals surface area contributed by atoms with Crippen molar-refractivity contribution in [2.75, 3.05) is 7.05 Å². The summed E-state index contributed by atoms with van der Waals surface area (Å²) in [5, 5.41) is 11.7. The van der Waals surface area contributed by atoms with Crippen molar-refractivity contribution in [3.8, 4) is 11.3 Å². The molecule has 0 bridgehead atoms. The standard InChI is InChI=1S/C11H12BrClN4/c1-14-6-7-3-4-8(9(13)5-7)10-11(12)15-16-17(10)2/h3-5,14H,6H2,1-2H3. The highest BCUT2D eigenvalue weighted by molar-refractivity contribution is 9.10. The molecule has 1 aromatic carbocycles. The zero-order chi connectivity index (χ0) is 12.4. The highest BCUT2D eigenvalue weighted by atomic mass is 79.9. The minimum Gasteiger partial charge on any atom is -0.316 e. The number of nitrogens with one attached hydrogen (secondary N) is 1. The van der Waals surface area contributed by atoms with Gasteiger partial charge < -0.3 is 5.32 Å². The van der Waals surface area contributed by atoms with Gasteiger partial charge in [-0.25, -0.2) is 4.68 Å². The summed E-state index contributed by atoms with van der Waals surface area (Å²) in [6, 6.07) is 5.97. The maximum Gasteiger partial charge on any atom is 0.156 e. The maximum atomic E-state index is 6.28. The summed E-state index contributed by atoms with van der Waals surface area (Å²) in [7, 11) is 3.74. The minimum absolute atomic E-state index is 0.697. The molecule has 0 amide bonds. The van der Waals surface area contributed by atoms with Crippen molar-refractivity contribution in [1.29, 1.82) is 0 Å². The Morgan fingerprint density at radius 3 is 2.76 bits per heavy atom. The largest absolute Gasteiger partial charge is 0.316 e. The number of hydrogen-bond donors (Lipinski definition) is 1. The van der Waals surface area contributed by atoms with E-state index < -0.39 is 0 Å². The lowest BCUT2D eigenvalue weighted by atomic mass is 10.1. The third-order valence-electron chi connectivity index (χ3n) is 2.46. The lowest BCUT2D eigenvalue weighted by Gasteiger charge is -2.07. The van der Waals surface area contributed by atoms with Crippen LogP contribution in [0.2, 0.25) is 5.02 Å². The van der Waals surface area contributed by atoms with Gasteiger partial charge in [-0.3, -0.25) is 0 Å². The van der Waals surface area contributed by atoms with E-state index in [0.717, 1.165) is 23.4 Å². The predicted octanol–water partition coefficient (Wildman–Crippen LogP) is 2.62. The molecule has 1 N–H and O–H groups in total. The fourth-order valence-electron chi connectivity index (χ4n) is 1.68. The van der Waals surface area contributed by atoms with Crippen molar-refractivity contribution < 1.29 is 0 Å². The highest BCUT2D eigenvalue weighted by Crippen LogP contribution is 2.32. The van der Waals surface area contributed by atoms with Gasteiger partial charge in [0.15, 0.2) is 4.60 Å². The lowest BCUT2D eigenvalue weighted by Crippen LogP contribution is -2.05. The van der Waals surface area contributed by atoms with Crippen molar-refractivity contribution in [2.45, 2.75) is 6.54 Å².